The molecule has 1 N–H and O–H groups in total. The van der Waals surface area contributed by atoms with Gasteiger partial charge in [-0.1, -0.05) is 24.3 Å². The molecule has 0 saturated carbocycles. The lowest BCUT2D eigenvalue weighted by molar-refractivity contribution is 0.460. The standard InChI is InChI=1S/C10H7ClO3S/c11-15(13,14)10-6-8-4-2-1-3-7(8)5-9(10)12/h1-6,12H. The van der Waals surface area contributed by atoms with E-state index in [-0.39, 0.29) is 10.6 Å². The SMILES string of the molecule is O=S(=O)(Cl)c1cc2ccccc2cc1O. The number of aromatic hydroxyl groups is 1. The molecule has 2 aromatic rings. The highest BCUT2D eigenvalue weighted by atomic mass is 35.7. The summed E-state index contributed by atoms with van der Waals surface area (Å²) in [5, 5.41) is 11.0. The van der Waals surface area contributed by atoms with Crippen LogP contribution in [0.25, 0.3) is 10.8 Å². The van der Waals surface area contributed by atoms with Crippen molar-refractivity contribution in [2.45, 2.75) is 4.90 Å². The van der Waals surface area contributed by atoms with Gasteiger partial charge in [-0.3, -0.25) is 0 Å². The normalized spacial score (nSPS) is 11.8. The third-order valence-corrected chi connectivity index (χ3v) is 3.44. The highest BCUT2D eigenvalue weighted by Crippen LogP contribution is 2.30. The van der Waals surface area contributed by atoms with Gasteiger partial charge < -0.3 is 5.11 Å². The van der Waals surface area contributed by atoms with Crippen molar-refractivity contribution in [3.63, 3.8) is 0 Å². The summed E-state index contributed by atoms with van der Waals surface area (Å²) in [4.78, 5) is -0.261. The molecule has 0 heterocycles. The molecule has 0 amide bonds. The minimum atomic E-state index is -3.90. The van der Waals surface area contributed by atoms with Crippen molar-refractivity contribution in [3.05, 3.63) is 36.4 Å². The largest absolute Gasteiger partial charge is 0.507 e. The quantitative estimate of drug-likeness (QED) is 0.782. The topological polar surface area (TPSA) is 54.4 Å². The van der Waals surface area contributed by atoms with Crippen molar-refractivity contribution in [3.8, 4) is 5.75 Å². The number of phenols is 1. The number of hydrogen-bond donors (Lipinski definition) is 1. The molecule has 0 radical (unpaired) electrons. The monoisotopic (exact) mass is 242 g/mol. The molecule has 0 fully saturated rings. The Morgan fingerprint density at radius 1 is 1.07 bits per heavy atom. The van der Waals surface area contributed by atoms with E-state index in [1.54, 1.807) is 24.3 Å². The van der Waals surface area contributed by atoms with Gasteiger partial charge >= 0.3 is 0 Å². The van der Waals surface area contributed by atoms with Gasteiger partial charge in [-0.2, -0.15) is 0 Å². The van der Waals surface area contributed by atoms with E-state index in [0.717, 1.165) is 10.8 Å². The smallest absolute Gasteiger partial charge is 0.264 e. The van der Waals surface area contributed by atoms with Gasteiger partial charge in [0.1, 0.15) is 10.6 Å². The molecule has 0 bridgehead atoms. The first kappa shape index (κ1) is 10.3. The van der Waals surface area contributed by atoms with E-state index < -0.39 is 9.05 Å². The first-order valence-corrected chi connectivity index (χ1v) is 6.46. The predicted octanol–water partition coefficient (Wildman–Crippen LogP) is 2.47. The van der Waals surface area contributed by atoms with Crippen LogP contribution in [0.15, 0.2) is 41.3 Å². The highest BCUT2D eigenvalue weighted by Gasteiger charge is 2.15. The maximum absolute atomic E-state index is 11.1. The Labute approximate surface area is 91.3 Å². The summed E-state index contributed by atoms with van der Waals surface area (Å²) in [6.07, 6.45) is 0. The van der Waals surface area contributed by atoms with Gasteiger partial charge in [0.25, 0.3) is 9.05 Å². The minimum absolute atomic E-state index is 0.261. The molecule has 0 spiro atoms. The van der Waals surface area contributed by atoms with Crippen molar-refractivity contribution in [1.29, 1.82) is 0 Å². The third kappa shape index (κ3) is 1.91. The number of fused-ring (bicyclic) bond motifs is 1. The maximum Gasteiger partial charge on any atom is 0.264 e. The van der Waals surface area contributed by atoms with Gasteiger partial charge in [-0.15, -0.1) is 0 Å². The van der Waals surface area contributed by atoms with Crippen LogP contribution in [0.2, 0.25) is 0 Å². The van der Waals surface area contributed by atoms with Gasteiger partial charge in [0, 0.05) is 10.7 Å². The van der Waals surface area contributed by atoms with Gasteiger partial charge in [-0.25, -0.2) is 8.42 Å². The molecule has 5 heteroatoms. The van der Waals surface area contributed by atoms with Crippen LogP contribution in [0, 0.1) is 0 Å². The minimum Gasteiger partial charge on any atom is -0.507 e. The Hall–Kier alpha value is -1.26. The molecular weight excluding hydrogens is 236 g/mol. The molecule has 2 rings (SSSR count). The Morgan fingerprint density at radius 3 is 2.13 bits per heavy atom. The first-order chi connectivity index (χ1) is 6.98. The number of benzene rings is 2. The molecule has 0 aromatic heterocycles. The zero-order valence-corrected chi connectivity index (χ0v) is 9.09. The van der Waals surface area contributed by atoms with Gasteiger partial charge in [0.2, 0.25) is 0 Å². The Balaban J connectivity index is 2.84. The number of halogens is 1. The van der Waals surface area contributed by atoms with E-state index in [4.69, 9.17) is 10.7 Å². The van der Waals surface area contributed by atoms with Crippen LogP contribution >= 0.6 is 10.7 Å². The molecular formula is C10H7ClO3S. The summed E-state index contributed by atoms with van der Waals surface area (Å²) in [7, 11) is 1.27. The average Bonchev–Trinajstić information content (AvgIpc) is 2.15. The molecule has 2 aromatic carbocycles. The Bertz CT molecular complexity index is 620. The van der Waals surface area contributed by atoms with Gasteiger partial charge in [0.05, 0.1) is 0 Å². The highest BCUT2D eigenvalue weighted by molar-refractivity contribution is 8.13. The van der Waals surface area contributed by atoms with E-state index in [9.17, 15) is 13.5 Å². The van der Waals surface area contributed by atoms with E-state index in [1.807, 2.05) is 0 Å². The second kappa shape index (κ2) is 3.40. The van der Waals surface area contributed by atoms with E-state index in [0.29, 0.717) is 0 Å². The summed E-state index contributed by atoms with van der Waals surface area (Å²) >= 11 is 0. The lowest BCUT2D eigenvalue weighted by atomic mass is 10.1. The first-order valence-electron chi connectivity index (χ1n) is 4.15. The molecule has 3 nitrogen and oxygen atoms in total. The zero-order chi connectivity index (χ0) is 11.1. The van der Waals surface area contributed by atoms with E-state index >= 15 is 0 Å². The Morgan fingerprint density at radius 2 is 1.60 bits per heavy atom. The molecule has 0 unspecified atom stereocenters. The molecule has 78 valence electrons. The van der Waals surface area contributed by atoms with Crippen molar-refractivity contribution in [2.24, 2.45) is 0 Å². The number of rotatable bonds is 1. The van der Waals surface area contributed by atoms with Crippen molar-refractivity contribution in [2.75, 3.05) is 0 Å². The average molecular weight is 243 g/mol. The fourth-order valence-corrected chi connectivity index (χ4v) is 2.35. The van der Waals surface area contributed by atoms with Crippen molar-refractivity contribution >= 4 is 30.5 Å². The second-order valence-electron chi connectivity index (χ2n) is 3.10. The molecule has 0 saturated heterocycles. The molecule has 15 heavy (non-hydrogen) atoms. The third-order valence-electron chi connectivity index (χ3n) is 2.09. The summed E-state index contributed by atoms with van der Waals surface area (Å²) in [6.45, 7) is 0. The summed E-state index contributed by atoms with van der Waals surface area (Å²) < 4.78 is 22.2. The number of phenolic OH excluding ortho intramolecular Hbond substituents is 1. The van der Waals surface area contributed by atoms with Crippen LogP contribution < -0.4 is 0 Å². The van der Waals surface area contributed by atoms with E-state index in [1.165, 1.54) is 12.1 Å². The summed E-state index contributed by atoms with van der Waals surface area (Å²) in [5.74, 6) is -0.330. The van der Waals surface area contributed by atoms with E-state index in [2.05, 4.69) is 0 Å². The molecule has 0 aliphatic rings. The van der Waals surface area contributed by atoms with Crippen LogP contribution in [0.5, 0.6) is 5.75 Å². The molecule has 0 aliphatic carbocycles. The second-order valence-corrected chi connectivity index (χ2v) is 5.64. The molecule has 0 aliphatic heterocycles. The van der Waals surface area contributed by atoms with Crippen LogP contribution in [0.4, 0.5) is 0 Å². The van der Waals surface area contributed by atoms with Crippen LogP contribution in [-0.2, 0) is 9.05 Å². The lowest BCUT2D eigenvalue weighted by Crippen LogP contribution is -1.91. The fraction of sp³-hybridized carbons (Fsp3) is 0. The van der Waals surface area contributed by atoms with Crippen LogP contribution in [0.3, 0.4) is 0 Å². The predicted molar refractivity (Wildman–Crippen MR) is 58.7 cm³/mol. The van der Waals surface area contributed by atoms with Crippen molar-refractivity contribution in [1.82, 2.24) is 0 Å². The van der Waals surface area contributed by atoms with Crippen molar-refractivity contribution < 1.29 is 13.5 Å². The van der Waals surface area contributed by atoms with Crippen LogP contribution in [0.1, 0.15) is 0 Å². The fourth-order valence-electron chi connectivity index (χ4n) is 1.40. The van der Waals surface area contributed by atoms with Gasteiger partial charge in [0.15, 0.2) is 0 Å². The lowest BCUT2D eigenvalue weighted by Gasteiger charge is -2.03. The maximum atomic E-state index is 11.1. The molecule has 0 atom stereocenters. The Kier molecular flexibility index (Phi) is 2.32. The zero-order valence-electron chi connectivity index (χ0n) is 7.51. The summed E-state index contributed by atoms with van der Waals surface area (Å²) in [6, 6.07) is 9.85. The number of hydrogen-bond acceptors (Lipinski definition) is 3. The summed E-state index contributed by atoms with van der Waals surface area (Å²) in [5.41, 5.74) is 0. The van der Waals surface area contributed by atoms with Gasteiger partial charge in [-0.05, 0) is 22.9 Å². The van der Waals surface area contributed by atoms with Crippen LogP contribution in [-0.4, -0.2) is 13.5 Å².